The Hall–Kier alpha value is -1.85. The van der Waals surface area contributed by atoms with Gasteiger partial charge in [0.05, 0.1) is 5.92 Å². The van der Waals surface area contributed by atoms with Gasteiger partial charge in [-0.25, -0.2) is 4.98 Å². The van der Waals surface area contributed by atoms with Gasteiger partial charge in [0.25, 0.3) is 5.56 Å². The van der Waals surface area contributed by atoms with E-state index in [4.69, 9.17) is 5.11 Å². The van der Waals surface area contributed by atoms with Gasteiger partial charge in [-0.15, -0.1) is 0 Å². The van der Waals surface area contributed by atoms with Crippen LogP contribution >= 0.6 is 0 Å². The summed E-state index contributed by atoms with van der Waals surface area (Å²) in [6.07, 6.45) is 0. The van der Waals surface area contributed by atoms with Crippen molar-refractivity contribution in [2.75, 3.05) is 5.32 Å². The highest BCUT2D eigenvalue weighted by Crippen LogP contribution is 2.09. The smallest absolute Gasteiger partial charge is 0.308 e. The molecule has 0 amide bonds. The lowest BCUT2D eigenvalue weighted by atomic mass is 10.0. The first-order chi connectivity index (χ1) is 7.40. The maximum Gasteiger partial charge on any atom is 0.308 e. The molecule has 0 saturated carbocycles. The summed E-state index contributed by atoms with van der Waals surface area (Å²) in [6.45, 7) is 4.99. The lowest BCUT2D eigenvalue weighted by molar-refractivity contribution is -0.141. The van der Waals surface area contributed by atoms with Crippen LogP contribution in [0.1, 0.15) is 19.7 Å². The Kier molecular flexibility index (Phi) is 3.65. The molecule has 1 heterocycles. The molecule has 3 N–H and O–H groups in total. The van der Waals surface area contributed by atoms with Crippen LogP contribution in [0.3, 0.4) is 0 Å². The van der Waals surface area contributed by atoms with E-state index in [0.29, 0.717) is 11.6 Å². The van der Waals surface area contributed by atoms with Crippen LogP contribution in [0.25, 0.3) is 0 Å². The monoisotopic (exact) mass is 225 g/mol. The number of anilines is 1. The second-order valence-corrected chi connectivity index (χ2v) is 3.78. The summed E-state index contributed by atoms with van der Waals surface area (Å²) in [4.78, 5) is 28.4. The van der Waals surface area contributed by atoms with Gasteiger partial charge < -0.3 is 15.4 Å². The average Bonchev–Trinajstić information content (AvgIpc) is 2.14. The van der Waals surface area contributed by atoms with Crippen molar-refractivity contribution in [3.05, 3.63) is 22.2 Å². The maximum atomic E-state index is 11.1. The fraction of sp³-hybridized carbons (Fsp3) is 0.500. The van der Waals surface area contributed by atoms with E-state index >= 15 is 0 Å². The van der Waals surface area contributed by atoms with E-state index in [1.807, 2.05) is 0 Å². The number of hydrogen-bond donors (Lipinski definition) is 3. The molecule has 2 unspecified atom stereocenters. The molecule has 2 atom stereocenters. The third-order valence-electron chi connectivity index (χ3n) is 2.38. The molecule has 0 aliphatic rings. The number of H-pyrrole nitrogens is 1. The number of nitrogens with zero attached hydrogens (tertiary/aromatic N) is 1. The molecule has 16 heavy (non-hydrogen) atoms. The number of aromatic amines is 1. The zero-order valence-corrected chi connectivity index (χ0v) is 9.44. The van der Waals surface area contributed by atoms with Gasteiger partial charge in [0.1, 0.15) is 11.6 Å². The minimum absolute atomic E-state index is 0.259. The third kappa shape index (κ3) is 3.08. The van der Waals surface area contributed by atoms with Gasteiger partial charge in [-0.1, -0.05) is 0 Å². The Balaban J connectivity index is 2.80. The molecular weight excluding hydrogens is 210 g/mol. The summed E-state index contributed by atoms with van der Waals surface area (Å²) in [5.74, 6) is -0.560. The molecule has 0 radical (unpaired) electrons. The second kappa shape index (κ2) is 4.78. The van der Waals surface area contributed by atoms with Gasteiger partial charge in [0, 0.05) is 12.1 Å². The van der Waals surface area contributed by atoms with Crippen LogP contribution in [0.4, 0.5) is 5.82 Å². The number of rotatable bonds is 4. The van der Waals surface area contributed by atoms with E-state index in [-0.39, 0.29) is 11.6 Å². The average molecular weight is 225 g/mol. The zero-order valence-electron chi connectivity index (χ0n) is 9.44. The van der Waals surface area contributed by atoms with Crippen molar-refractivity contribution >= 4 is 11.8 Å². The summed E-state index contributed by atoms with van der Waals surface area (Å²) < 4.78 is 0. The molecule has 0 aliphatic heterocycles. The Morgan fingerprint density at radius 1 is 1.56 bits per heavy atom. The number of aromatic nitrogens is 2. The van der Waals surface area contributed by atoms with Crippen molar-refractivity contribution < 1.29 is 9.90 Å². The topological polar surface area (TPSA) is 95.1 Å². The highest BCUT2D eigenvalue weighted by atomic mass is 16.4. The first-order valence-corrected chi connectivity index (χ1v) is 4.97. The first-order valence-electron chi connectivity index (χ1n) is 4.97. The van der Waals surface area contributed by atoms with Crippen molar-refractivity contribution in [3.8, 4) is 0 Å². The summed E-state index contributed by atoms with van der Waals surface area (Å²) in [5, 5.41) is 11.7. The molecule has 1 aromatic rings. The molecule has 1 rings (SSSR count). The number of nitrogens with one attached hydrogen (secondary N) is 2. The fourth-order valence-corrected chi connectivity index (χ4v) is 1.23. The van der Waals surface area contributed by atoms with Crippen molar-refractivity contribution in [2.45, 2.75) is 26.8 Å². The van der Waals surface area contributed by atoms with Gasteiger partial charge in [-0.3, -0.25) is 9.59 Å². The Morgan fingerprint density at radius 2 is 2.19 bits per heavy atom. The molecule has 88 valence electrons. The highest BCUT2D eigenvalue weighted by molar-refractivity contribution is 5.70. The number of carboxylic acid groups (broad SMARTS) is 1. The molecule has 0 aliphatic carbocycles. The minimum atomic E-state index is -0.887. The van der Waals surface area contributed by atoms with E-state index in [2.05, 4.69) is 15.3 Å². The Bertz CT molecular complexity index is 441. The quantitative estimate of drug-likeness (QED) is 0.697. The molecular formula is C10H15N3O3. The second-order valence-electron chi connectivity index (χ2n) is 3.78. The number of carbonyl (C=O) groups is 1. The van der Waals surface area contributed by atoms with Crippen LogP contribution in [-0.4, -0.2) is 27.1 Å². The standard InChI is InChI=1S/C10H15N3O3/c1-5(10(15)16)6(2)11-8-4-9(14)13-7(3)12-8/h4-6H,1-3H3,(H,15,16)(H2,11,12,13,14). The van der Waals surface area contributed by atoms with E-state index in [0.717, 1.165) is 0 Å². The largest absolute Gasteiger partial charge is 0.481 e. The predicted octanol–water partition coefficient (Wildman–Crippen LogP) is 0.599. The van der Waals surface area contributed by atoms with Gasteiger partial charge in [0.15, 0.2) is 0 Å². The SMILES string of the molecule is Cc1nc(NC(C)C(C)C(=O)O)cc(=O)[nH]1. The van der Waals surface area contributed by atoms with Gasteiger partial charge in [-0.05, 0) is 20.8 Å². The summed E-state index contributed by atoms with van der Waals surface area (Å²) >= 11 is 0. The van der Waals surface area contributed by atoms with E-state index in [1.54, 1.807) is 20.8 Å². The van der Waals surface area contributed by atoms with Crippen molar-refractivity contribution in [2.24, 2.45) is 5.92 Å². The molecule has 6 heteroatoms. The number of aliphatic carboxylic acids is 1. The summed E-state index contributed by atoms with van der Waals surface area (Å²) in [6, 6.07) is 1.00. The molecule has 0 aromatic carbocycles. The number of hydrogen-bond acceptors (Lipinski definition) is 4. The molecule has 0 fully saturated rings. The van der Waals surface area contributed by atoms with Gasteiger partial charge in [-0.2, -0.15) is 0 Å². The van der Waals surface area contributed by atoms with Crippen LogP contribution in [-0.2, 0) is 4.79 Å². The summed E-state index contributed by atoms with van der Waals surface area (Å²) in [7, 11) is 0. The molecule has 1 aromatic heterocycles. The van der Waals surface area contributed by atoms with E-state index in [9.17, 15) is 9.59 Å². The van der Waals surface area contributed by atoms with Crippen molar-refractivity contribution in [1.29, 1.82) is 0 Å². The molecule has 0 saturated heterocycles. The van der Waals surface area contributed by atoms with Gasteiger partial charge in [0.2, 0.25) is 0 Å². The lowest BCUT2D eigenvalue weighted by Crippen LogP contribution is -2.30. The van der Waals surface area contributed by atoms with E-state index < -0.39 is 11.9 Å². The highest BCUT2D eigenvalue weighted by Gasteiger charge is 2.19. The normalized spacial score (nSPS) is 14.2. The van der Waals surface area contributed by atoms with Crippen LogP contribution in [0.15, 0.2) is 10.9 Å². The summed E-state index contributed by atoms with van der Waals surface area (Å²) in [5.41, 5.74) is -0.259. The number of aryl methyl sites for hydroxylation is 1. The Labute approximate surface area is 92.7 Å². The fourth-order valence-electron chi connectivity index (χ4n) is 1.23. The number of carboxylic acids is 1. The predicted molar refractivity (Wildman–Crippen MR) is 59.5 cm³/mol. The van der Waals surface area contributed by atoms with Gasteiger partial charge >= 0.3 is 5.97 Å². The Morgan fingerprint density at radius 3 is 2.69 bits per heavy atom. The van der Waals surface area contributed by atoms with Crippen LogP contribution in [0.2, 0.25) is 0 Å². The first kappa shape index (κ1) is 12.2. The van der Waals surface area contributed by atoms with Crippen LogP contribution in [0.5, 0.6) is 0 Å². The molecule has 0 spiro atoms. The third-order valence-corrected chi connectivity index (χ3v) is 2.38. The van der Waals surface area contributed by atoms with Crippen LogP contribution < -0.4 is 10.9 Å². The van der Waals surface area contributed by atoms with Crippen molar-refractivity contribution in [1.82, 2.24) is 9.97 Å². The van der Waals surface area contributed by atoms with Crippen LogP contribution in [0, 0.1) is 12.8 Å². The minimum Gasteiger partial charge on any atom is -0.481 e. The maximum absolute atomic E-state index is 11.1. The van der Waals surface area contributed by atoms with E-state index in [1.165, 1.54) is 6.07 Å². The lowest BCUT2D eigenvalue weighted by Gasteiger charge is -2.18. The zero-order chi connectivity index (χ0) is 12.3. The molecule has 0 bridgehead atoms. The molecule has 6 nitrogen and oxygen atoms in total. The van der Waals surface area contributed by atoms with Crippen molar-refractivity contribution in [3.63, 3.8) is 0 Å².